The molecule has 3 nitrogen and oxygen atoms in total. The number of aryl methyl sites for hydroxylation is 1. The molecule has 0 radical (unpaired) electrons. The van der Waals surface area contributed by atoms with Gasteiger partial charge in [-0.2, -0.15) is 4.57 Å². The van der Waals surface area contributed by atoms with Crippen LogP contribution in [-0.2, 0) is 7.05 Å². The van der Waals surface area contributed by atoms with E-state index in [1.165, 1.54) is 33.4 Å². The van der Waals surface area contributed by atoms with Crippen LogP contribution >= 0.6 is 0 Å². The van der Waals surface area contributed by atoms with Crippen molar-refractivity contribution < 1.29 is 8.98 Å². The molecular formula is C44H31N2O+. The summed E-state index contributed by atoms with van der Waals surface area (Å²) in [6.45, 7) is 0. The zero-order valence-corrected chi connectivity index (χ0v) is 26.0. The lowest BCUT2D eigenvalue weighted by Crippen LogP contribution is -2.30. The second kappa shape index (κ2) is 11.0. The normalized spacial score (nSPS) is 11.5. The van der Waals surface area contributed by atoms with Gasteiger partial charge in [0, 0.05) is 10.8 Å². The zero-order valence-electron chi connectivity index (χ0n) is 26.0. The highest BCUT2D eigenvalue weighted by atomic mass is 16.3. The van der Waals surface area contributed by atoms with Gasteiger partial charge in [0.2, 0.25) is 0 Å². The molecule has 9 aromatic rings. The zero-order chi connectivity index (χ0) is 31.3. The van der Waals surface area contributed by atoms with E-state index in [0.29, 0.717) is 0 Å². The van der Waals surface area contributed by atoms with Crippen LogP contribution in [0.1, 0.15) is 0 Å². The highest BCUT2D eigenvalue weighted by Crippen LogP contribution is 2.41. The van der Waals surface area contributed by atoms with Crippen LogP contribution in [0.3, 0.4) is 0 Å². The predicted molar refractivity (Wildman–Crippen MR) is 193 cm³/mol. The molecule has 0 atom stereocenters. The number of nitrogens with zero attached hydrogens (tertiary/aromatic N) is 2. The average molecular weight is 604 g/mol. The van der Waals surface area contributed by atoms with Gasteiger partial charge < -0.3 is 4.42 Å². The third-order valence-electron chi connectivity index (χ3n) is 9.31. The molecule has 0 aliphatic rings. The van der Waals surface area contributed by atoms with Crippen LogP contribution in [0.25, 0.3) is 83.4 Å². The van der Waals surface area contributed by atoms with Gasteiger partial charge in [0.05, 0.1) is 7.05 Å². The fourth-order valence-corrected chi connectivity index (χ4v) is 7.05. The Morgan fingerprint density at radius 1 is 0.468 bits per heavy atom. The van der Waals surface area contributed by atoms with E-state index in [0.717, 1.165) is 50.0 Å². The SMILES string of the molecule is C[n+]1c(-c2cccc3c2oc2cccc(-c4ccccc4)c23)n(-c2ccc(-c3ccc(-c4ccccc4)cc3)cc2)c2ccccc21. The maximum Gasteiger partial charge on any atom is 0.298 e. The van der Waals surface area contributed by atoms with E-state index in [-0.39, 0.29) is 0 Å². The Kier molecular flexibility index (Phi) is 6.36. The predicted octanol–water partition coefficient (Wildman–Crippen LogP) is 11.0. The van der Waals surface area contributed by atoms with Gasteiger partial charge in [-0.05, 0) is 69.8 Å². The van der Waals surface area contributed by atoms with Gasteiger partial charge in [-0.3, -0.25) is 0 Å². The molecule has 0 aliphatic carbocycles. The number of imidazole rings is 1. The van der Waals surface area contributed by atoms with Crippen molar-refractivity contribution >= 4 is 33.0 Å². The van der Waals surface area contributed by atoms with E-state index < -0.39 is 0 Å². The minimum atomic E-state index is 0.890. The third kappa shape index (κ3) is 4.47. The van der Waals surface area contributed by atoms with Crippen molar-refractivity contribution in [1.29, 1.82) is 0 Å². The number of aromatic nitrogens is 2. The minimum absolute atomic E-state index is 0.890. The monoisotopic (exact) mass is 603 g/mol. The molecule has 3 heteroatoms. The Hall–Kier alpha value is -6.19. The van der Waals surface area contributed by atoms with E-state index in [9.17, 15) is 0 Å². The molecule has 0 bridgehead atoms. The number of para-hydroxylation sites is 3. The van der Waals surface area contributed by atoms with Gasteiger partial charge in [-0.1, -0.05) is 133 Å². The molecule has 2 heterocycles. The Bertz CT molecular complexity index is 2540. The molecule has 0 amide bonds. The largest absolute Gasteiger partial charge is 0.455 e. The lowest BCUT2D eigenvalue weighted by Gasteiger charge is -2.08. The van der Waals surface area contributed by atoms with Gasteiger partial charge in [-0.15, -0.1) is 0 Å². The van der Waals surface area contributed by atoms with E-state index in [2.05, 4.69) is 186 Å². The summed E-state index contributed by atoms with van der Waals surface area (Å²) < 4.78 is 11.4. The maximum absolute atomic E-state index is 6.73. The molecule has 222 valence electrons. The number of hydrogen-bond acceptors (Lipinski definition) is 1. The van der Waals surface area contributed by atoms with Gasteiger partial charge >= 0.3 is 0 Å². The summed E-state index contributed by atoms with van der Waals surface area (Å²) >= 11 is 0. The van der Waals surface area contributed by atoms with E-state index in [4.69, 9.17) is 4.42 Å². The fraction of sp³-hybridized carbons (Fsp3) is 0.0227. The highest BCUT2D eigenvalue weighted by molar-refractivity contribution is 6.15. The molecule has 0 unspecified atom stereocenters. The lowest BCUT2D eigenvalue weighted by molar-refractivity contribution is -0.633. The van der Waals surface area contributed by atoms with Crippen molar-refractivity contribution in [3.05, 3.63) is 170 Å². The van der Waals surface area contributed by atoms with Gasteiger partial charge in [-0.25, -0.2) is 4.57 Å². The molecule has 0 saturated heterocycles. The molecule has 0 saturated carbocycles. The van der Waals surface area contributed by atoms with Crippen molar-refractivity contribution in [2.24, 2.45) is 7.05 Å². The Balaban J connectivity index is 1.19. The van der Waals surface area contributed by atoms with Crippen molar-refractivity contribution in [3.8, 4) is 50.5 Å². The molecule has 0 fully saturated rings. The van der Waals surface area contributed by atoms with Gasteiger partial charge in [0.1, 0.15) is 16.8 Å². The number of hydrogen-bond donors (Lipinski definition) is 0. The Morgan fingerprint density at radius 2 is 1.02 bits per heavy atom. The first-order valence-electron chi connectivity index (χ1n) is 16.0. The van der Waals surface area contributed by atoms with E-state index in [1.54, 1.807) is 0 Å². The number of furan rings is 1. The molecule has 9 rings (SSSR count). The van der Waals surface area contributed by atoms with Crippen LogP contribution in [0.5, 0.6) is 0 Å². The summed E-state index contributed by atoms with van der Waals surface area (Å²) in [5.74, 6) is 1.07. The Morgan fingerprint density at radius 3 is 1.72 bits per heavy atom. The van der Waals surface area contributed by atoms with E-state index in [1.807, 2.05) is 0 Å². The maximum atomic E-state index is 6.73. The van der Waals surface area contributed by atoms with Crippen molar-refractivity contribution in [2.75, 3.05) is 0 Å². The Labute approximate surface area is 273 Å². The van der Waals surface area contributed by atoms with Crippen LogP contribution < -0.4 is 4.57 Å². The average Bonchev–Trinajstić information content (AvgIpc) is 3.68. The van der Waals surface area contributed by atoms with Crippen molar-refractivity contribution in [1.82, 2.24) is 4.57 Å². The van der Waals surface area contributed by atoms with E-state index >= 15 is 0 Å². The number of rotatable bonds is 5. The second-order valence-corrected chi connectivity index (χ2v) is 12.0. The smallest absolute Gasteiger partial charge is 0.298 e. The van der Waals surface area contributed by atoms with Crippen LogP contribution in [-0.4, -0.2) is 4.57 Å². The van der Waals surface area contributed by atoms with Crippen LogP contribution in [0.4, 0.5) is 0 Å². The molecule has 0 N–H and O–H groups in total. The number of benzene rings is 7. The molecular weight excluding hydrogens is 572 g/mol. The second-order valence-electron chi connectivity index (χ2n) is 12.0. The summed E-state index contributed by atoms with van der Waals surface area (Å²) in [5.41, 5.74) is 13.4. The summed E-state index contributed by atoms with van der Waals surface area (Å²) in [6, 6.07) is 60.2. The molecule has 2 aromatic heterocycles. The van der Waals surface area contributed by atoms with Gasteiger partial charge in [0.15, 0.2) is 16.6 Å². The summed E-state index contributed by atoms with van der Waals surface area (Å²) in [5, 5.41) is 2.26. The molecule has 7 aromatic carbocycles. The van der Waals surface area contributed by atoms with Crippen molar-refractivity contribution in [3.63, 3.8) is 0 Å². The highest BCUT2D eigenvalue weighted by Gasteiger charge is 2.29. The standard InChI is InChI=1S/C44H31N2O/c1-45-39-19-8-9-20-40(39)46(35-28-26-33(27-29-35)32-24-22-31(23-25-32)30-12-4-2-5-13-30)44(45)38-18-10-17-37-42-36(34-14-6-3-7-15-34)16-11-21-41(42)47-43(37)38/h2-29H,1H3/q+1. The molecule has 0 spiro atoms. The lowest BCUT2D eigenvalue weighted by atomic mass is 9.98. The summed E-state index contributed by atoms with van der Waals surface area (Å²) in [6.07, 6.45) is 0. The quantitative estimate of drug-likeness (QED) is 0.179. The van der Waals surface area contributed by atoms with Crippen molar-refractivity contribution in [2.45, 2.75) is 0 Å². The minimum Gasteiger partial charge on any atom is -0.455 e. The summed E-state index contributed by atoms with van der Waals surface area (Å²) in [7, 11) is 2.15. The first kappa shape index (κ1) is 27.1. The topological polar surface area (TPSA) is 21.9 Å². The van der Waals surface area contributed by atoms with Crippen LogP contribution in [0.15, 0.2) is 174 Å². The third-order valence-corrected chi connectivity index (χ3v) is 9.31. The van der Waals surface area contributed by atoms with Gasteiger partial charge in [0.25, 0.3) is 5.82 Å². The summed E-state index contributed by atoms with van der Waals surface area (Å²) in [4.78, 5) is 0. The first-order valence-corrected chi connectivity index (χ1v) is 16.0. The molecule has 47 heavy (non-hydrogen) atoms. The first-order chi connectivity index (χ1) is 23.2. The van der Waals surface area contributed by atoms with Crippen LogP contribution in [0, 0.1) is 0 Å². The van der Waals surface area contributed by atoms with Crippen LogP contribution in [0.2, 0.25) is 0 Å². The molecule has 0 aliphatic heterocycles. The number of fused-ring (bicyclic) bond motifs is 4. The fourth-order valence-electron chi connectivity index (χ4n) is 7.05.